The zero-order valence-corrected chi connectivity index (χ0v) is 18.8. The monoisotopic (exact) mass is 469 g/mol. The molecule has 5 nitrogen and oxygen atoms in total. The van der Waals surface area contributed by atoms with Crippen LogP contribution in [0.1, 0.15) is 35.5 Å². The smallest absolute Gasteiger partial charge is 0.262 e. The fourth-order valence-corrected chi connectivity index (χ4v) is 4.91. The van der Waals surface area contributed by atoms with E-state index in [2.05, 4.69) is 21.1 Å². The molecular weight excluding hydrogens is 450 g/mol. The zero-order valence-electron chi connectivity index (χ0n) is 16.3. The number of fused-ring (bicyclic) bond motifs is 1. The number of nitrogens with zero attached hydrogens (tertiary/aromatic N) is 3. The Morgan fingerprint density at radius 1 is 1.17 bits per heavy atom. The van der Waals surface area contributed by atoms with Gasteiger partial charge in [-0.1, -0.05) is 63.2 Å². The number of thioether (sulfide) groups is 1. The van der Waals surface area contributed by atoms with E-state index in [0.717, 1.165) is 27.1 Å². The van der Waals surface area contributed by atoms with Crippen molar-refractivity contribution in [2.75, 3.05) is 0 Å². The predicted octanol–water partition coefficient (Wildman–Crippen LogP) is 5.67. The van der Waals surface area contributed by atoms with Gasteiger partial charge in [0.2, 0.25) is 0 Å². The van der Waals surface area contributed by atoms with Crippen LogP contribution in [0.2, 0.25) is 0 Å². The highest BCUT2D eigenvalue weighted by Gasteiger charge is 2.19. The van der Waals surface area contributed by atoms with E-state index in [9.17, 15) is 4.79 Å². The maximum absolute atomic E-state index is 13.5. The number of rotatable bonds is 5. The van der Waals surface area contributed by atoms with Crippen LogP contribution in [0.25, 0.3) is 10.9 Å². The first-order valence-electron chi connectivity index (χ1n) is 9.27. The summed E-state index contributed by atoms with van der Waals surface area (Å²) in [5, 5.41) is 5.31. The van der Waals surface area contributed by atoms with Crippen molar-refractivity contribution in [3.8, 4) is 0 Å². The van der Waals surface area contributed by atoms with Crippen LogP contribution in [0, 0.1) is 13.8 Å². The Morgan fingerprint density at radius 2 is 1.93 bits per heavy atom. The van der Waals surface area contributed by atoms with E-state index < -0.39 is 0 Å². The third-order valence-electron chi connectivity index (χ3n) is 5.03. The van der Waals surface area contributed by atoms with Crippen molar-refractivity contribution >= 4 is 38.6 Å². The lowest BCUT2D eigenvalue weighted by molar-refractivity contribution is 0.392. The van der Waals surface area contributed by atoms with E-state index in [-0.39, 0.29) is 11.6 Å². The summed E-state index contributed by atoms with van der Waals surface area (Å²) in [7, 11) is 0. The van der Waals surface area contributed by atoms with Crippen molar-refractivity contribution in [3.05, 3.63) is 85.9 Å². The van der Waals surface area contributed by atoms with Gasteiger partial charge in [0.15, 0.2) is 5.16 Å². The first-order valence-corrected chi connectivity index (χ1v) is 11.0. The summed E-state index contributed by atoms with van der Waals surface area (Å²) in [6.45, 7) is 5.86. The van der Waals surface area contributed by atoms with Gasteiger partial charge in [0.1, 0.15) is 5.76 Å². The lowest BCUT2D eigenvalue weighted by atomic mass is 10.1. The molecule has 0 saturated carbocycles. The van der Waals surface area contributed by atoms with Crippen LogP contribution in [0.15, 0.2) is 67.5 Å². The molecule has 0 spiro atoms. The molecule has 1 unspecified atom stereocenters. The Hall–Kier alpha value is -2.38. The summed E-state index contributed by atoms with van der Waals surface area (Å²) in [6.07, 6.45) is 0. The minimum absolute atomic E-state index is 0.0473. The summed E-state index contributed by atoms with van der Waals surface area (Å²) >= 11 is 5.00. The molecular formula is C22H20BrN3O2S. The molecule has 4 rings (SSSR count). The summed E-state index contributed by atoms with van der Waals surface area (Å²) in [6, 6.07) is 15.5. The minimum atomic E-state index is -0.147. The van der Waals surface area contributed by atoms with Crippen LogP contribution in [0.4, 0.5) is 0 Å². The van der Waals surface area contributed by atoms with Crippen LogP contribution >= 0.6 is 27.7 Å². The molecule has 0 radical (unpaired) electrons. The van der Waals surface area contributed by atoms with Crippen molar-refractivity contribution in [2.45, 2.75) is 37.7 Å². The number of hydrogen-bond donors (Lipinski definition) is 0. The number of aryl methyl sites for hydroxylation is 2. The van der Waals surface area contributed by atoms with Gasteiger partial charge in [0.25, 0.3) is 5.56 Å². The van der Waals surface area contributed by atoms with Crippen molar-refractivity contribution in [1.29, 1.82) is 0 Å². The molecule has 4 aromatic rings. The summed E-state index contributed by atoms with van der Waals surface area (Å²) in [5.74, 6) is 1.43. The molecule has 2 aromatic carbocycles. The van der Waals surface area contributed by atoms with Gasteiger partial charge >= 0.3 is 0 Å². The van der Waals surface area contributed by atoms with Crippen LogP contribution < -0.4 is 5.56 Å². The van der Waals surface area contributed by atoms with Gasteiger partial charge in [-0.15, -0.1) is 0 Å². The van der Waals surface area contributed by atoms with Crippen LogP contribution in [-0.2, 0) is 5.75 Å². The molecule has 0 saturated heterocycles. The average molecular weight is 470 g/mol. The molecule has 2 aromatic heterocycles. The Labute approximate surface area is 181 Å². The molecule has 0 N–H and O–H groups in total. The molecule has 1 atom stereocenters. The van der Waals surface area contributed by atoms with E-state index in [1.54, 1.807) is 4.57 Å². The average Bonchev–Trinajstić information content (AvgIpc) is 3.05. The second-order valence-corrected chi connectivity index (χ2v) is 8.77. The standard InChI is InChI=1S/C22H20BrN3O2S/c1-13-19(15(3)28-25-13)12-29-22-24-20-10-9-17(23)11-18(20)21(27)26(22)14(2)16-7-5-4-6-8-16/h4-11,14H,12H2,1-3H3. The van der Waals surface area contributed by atoms with Crippen LogP contribution in [0.3, 0.4) is 0 Å². The molecule has 7 heteroatoms. The Bertz CT molecular complexity index is 1210. The van der Waals surface area contributed by atoms with Gasteiger partial charge < -0.3 is 4.52 Å². The summed E-state index contributed by atoms with van der Waals surface area (Å²) in [5.41, 5.74) is 3.61. The Morgan fingerprint density at radius 3 is 2.62 bits per heavy atom. The predicted molar refractivity (Wildman–Crippen MR) is 119 cm³/mol. The van der Waals surface area contributed by atoms with Gasteiger partial charge in [-0.05, 0) is 44.5 Å². The number of aromatic nitrogens is 3. The van der Waals surface area contributed by atoms with Gasteiger partial charge in [-0.25, -0.2) is 4.98 Å². The van der Waals surface area contributed by atoms with E-state index >= 15 is 0 Å². The van der Waals surface area contributed by atoms with Crippen LogP contribution in [-0.4, -0.2) is 14.7 Å². The second kappa shape index (κ2) is 8.16. The maximum Gasteiger partial charge on any atom is 0.262 e. The van der Waals surface area contributed by atoms with Crippen LogP contribution in [0.5, 0.6) is 0 Å². The first-order chi connectivity index (χ1) is 14.0. The molecule has 0 bridgehead atoms. The molecule has 0 aliphatic heterocycles. The minimum Gasteiger partial charge on any atom is -0.361 e. The maximum atomic E-state index is 13.5. The van der Waals surface area contributed by atoms with E-state index in [1.807, 2.05) is 69.3 Å². The van der Waals surface area contributed by atoms with E-state index in [0.29, 0.717) is 21.8 Å². The summed E-state index contributed by atoms with van der Waals surface area (Å²) < 4.78 is 7.93. The van der Waals surface area contributed by atoms with Crippen molar-refractivity contribution in [2.24, 2.45) is 0 Å². The highest BCUT2D eigenvalue weighted by molar-refractivity contribution is 9.10. The quantitative estimate of drug-likeness (QED) is 0.278. The normalized spacial score (nSPS) is 12.4. The molecule has 0 amide bonds. The van der Waals surface area contributed by atoms with E-state index in [4.69, 9.17) is 9.51 Å². The Kier molecular flexibility index (Phi) is 5.61. The van der Waals surface area contributed by atoms with Gasteiger partial charge in [0.05, 0.1) is 22.6 Å². The molecule has 0 fully saturated rings. The van der Waals surface area contributed by atoms with Gasteiger partial charge in [-0.2, -0.15) is 0 Å². The number of halogens is 1. The lowest BCUT2D eigenvalue weighted by Crippen LogP contribution is -2.27. The largest absolute Gasteiger partial charge is 0.361 e. The topological polar surface area (TPSA) is 60.9 Å². The molecule has 148 valence electrons. The fourth-order valence-electron chi connectivity index (χ4n) is 3.32. The zero-order chi connectivity index (χ0) is 20.5. The number of benzene rings is 2. The van der Waals surface area contributed by atoms with E-state index in [1.165, 1.54) is 11.8 Å². The molecule has 29 heavy (non-hydrogen) atoms. The molecule has 0 aliphatic carbocycles. The SMILES string of the molecule is Cc1noc(C)c1CSc1nc2ccc(Br)cc2c(=O)n1C(C)c1ccccc1. The van der Waals surface area contributed by atoms with Crippen molar-refractivity contribution in [3.63, 3.8) is 0 Å². The second-order valence-electron chi connectivity index (χ2n) is 6.91. The highest BCUT2D eigenvalue weighted by atomic mass is 79.9. The molecule has 0 aliphatic rings. The molecule has 2 heterocycles. The first kappa shape index (κ1) is 19.9. The summed E-state index contributed by atoms with van der Waals surface area (Å²) in [4.78, 5) is 18.3. The lowest BCUT2D eigenvalue weighted by Gasteiger charge is -2.20. The third-order valence-corrected chi connectivity index (χ3v) is 6.50. The van der Waals surface area contributed by atoms with Gasteiger partial charge in [0, 0.05) is 15.8 Å². The highest BCUT2D eigenvalue weighted by Crippen LogP contribution is 2.29. The third kappa shape index (κ3) is 3.89. The van der Waals surface area contributed by atoms with Crippen molar-refractivity contribution in [1.82, 2.24) is 14.7 Å². The number of hydrogen-bond acceptors (Lipinski definition) is 5. The van der Waals surface area contributed by atoms with Crippen molar-refractivity contribution < 1.29 is 4.52 Å². The van der Waals surface area contributed by atoms with Gasteiger partial charge in [-0.3, -0.25) is 9.36 Å². The Balaban J connectivity index is 1.85. The fraction of sp³-hybridized carbons (Fsp3) is 0.227.